The Morgan fingerprint density at radius 3 is 2.65 bits per heavy atom. The lowest BCUT2D eigenvalue weighted by molar-refractivity contribution is 0.297. The van der Waals surface area contributed by atoms with Gasteiger partial charge in [-0.25, -0.2) is 0 Å². The molecule has 0 aromatic heterocycles. The Morgan fingerprint density at radius 1 is 1.18 bits per heavy atom. The van der Waals surface area contributed by atoms with Crippen LogP contribution in [0.5, 0.6) is 11.5 Å². The molecule has 1 atom stereocenters. The van der Waals surface area contributed by atoms with Crippen molar-refractivity contribution in [2.75, 3.05) is 26.3 Å². The molecule has 2 heterocycles. The van der Waals surface area contributed by atoms with Crippen LogP contribution in [0.2, 0.25) is 5.02 Å². The van der Waals surface area contributed by atoms with Crippen molar-refractivity contribution < 1.29 is 9.47 Å². The van der Waals surface area contributed by atoms with Crippen molar-refractivity contribution >= 4 is 11.6 Å². The van der Waals surface area contributed by atoms with E-state index < -0.39 is 0 Å². The first kappa shape index (κ1) is 11.2. The van der Waals surface area contributed by atoms with E-state index in [2.05, 4.69) is 11.4 Å². The summed E-state index contributed by atoms with van der Waals surface area (Å²) >= 11 is 6.33. The van der Waals surface area contributed by atoms with Crippen LogP contribution in [0.4, 0.5) is 0 Å². The van der Waals surface area contributed by atoms with Gasteiger partial charge >= 0.3 is 0 Å². The van der Waals surface area contributed by atoms with Gasteiger partial charge in [-0.15, -0.1) is 0 Å². The largest absolute Gasteiger partial charge is 0.490 e. The van der Waals surface area contributed by atoms with Gasteiger partial charge in [-0.3, -0.25) is 0 Å². The summed E-state index contributed by atoms with van der Waals surface area (Å²) in [6, 6.07) is 3.95. The van der Waals surface area contributed by atoms with Gasteiger partial charge in [0, 0.05) is 24.1 Å². The molecule has 0 radical (unpaired) electrons. The fourth-order valence-corrected chi connectivity index (χ4v) is 2.74. The first-order chi connectivity index (χ1) is 8.34. The van der Waals surface area contributed by atoms with Gasteiger partial charge in [0.1, 0.15) is 0 Å². The van der Waals surface area contributed by atoms with Gasteiger partial charge in [-0.05, 0) is 30.5 Å². The molecular weight excluding hydrogens is 238 g/mol. The summed E-state index contributed by atoms with van der Waals surface area (Å²) < 4.78 is 11.3. The Balaban J connectivity index is 1.96. The Bertz CT molecular complexity index is 416. The third-order valence-electron chi connectivity index (χ3n) is 3.37. The van der Waals surface area contributed by atoms with E-state index in [1.54, 1.807) is 0 Å². The molecule has 0 aliphatic carbocycles. The lowest BCUT2D eigenvalue weighted by Crippen LogP contribution is -2.08. The summed E-state index contributed by atoms with van der Waals surface area (Å²) in [7, 11) is 0. The number of fused-ring (bicyclic) bond motifs is 1. The Hall–Kier alpha value is -0.930. The lowest BCUT2D eigenvalue weighted by Gasteiger charge is -2.15. The number of hydrogen-bond donors (Lipinski definition) is 1. The van der Waals surface area contributed by atoms with Crippen molar-refractivity contribution in [2.24, 2.45) is 0 Å². The molecule has 1 unspecified atom stereocenters. The third-order valence-corrected chi connectivity index (χ3v) is 3.69. The molecule has 0 bridgehead atoms. The summed E-state index contributed by atoms with van der Waals surface area (Å²) in [5.74, 6) is 2.12. The highest BCUT2D eigenvalue weighted by Crippen LogP contribution is 2.39. The quantitative estimate of drug-likeness (QED) is 0.835. The Kier molecular flexibility index (Phi) is 3.12. The van der Waals surface area contributed by atoms with E-state index in [9.17, 15) is 0 Å². The molecule has 0 saturated carbocycles. The van der Waals surface area contributed by atoms with E-state index in [0.717, 1.165) is 49.1 Å². The highest BCUT2D eigenvalue weighted by atomic mass is 35.5. The first-order valence-corrected chi connectivity index (χ1v) is 6.52. The summed E-state index contributed by atoms with van der Waals surface area (Å²) in [6.07, 6.45) is 2.06. The van der Waals surface area contributed by atoms with Crippen LogP contribution in [0, 0.1) is 0 Å². The summed E-state index contributed by atoms with van der Waals surface area (Å²) in [5.41, 5.74) is 1.18. The second-order valence-electron chi connectivity index (χ2n) is 4.56. The molecule has 2 aliphatic rings. The SMILES string of the molecule is Clc1cc2c(cc1C1CCNC1)OCCCO2. The zero-order valence-electron chi connectivity index (χ0n) is 9.67. The molecular formula is C13H16ClNO2. The molecule has 17 heavy (non-hydrogen) atoms. The first-order valence-electron chi connectivity index (χ1n) is 6.14. The molecule has 3 rings (SSSR count). The van der Waals surface area contributed by atoms with E-state index >= 15 is 0 Å². The van der Waals surface area contributed by atoms with E-state index in [4.69, 9.17) is 21.1 Å². The Labute approximate surface area is 106 Å². The monoisotopic (exact) mass is 253 g/mol. The molecule has 3 nitrogen and oxygen atoms in total. The van der Waals surface area contributed by atoms with Crippen LogP contribution in [0.3, 0.4) is 0 Å². The van der Waals surface area contributed by atoms with Gasteiger partial charge < -0.3 is 14.8 Å². The van der Waals surface area contributed by atoms with Crippen LogP contribution in [0.25, 0.3) is 0 Å². The van der Waals surface area contributed by atoms with Crippen molar-refractivity contribution in [2.45, 2.75) is 18.8 Å². The predicted molar refractivity (Wildman–Crippen MR) is 67.3 cm³/mol. The predicted octanol–water partition coefficient (Wildman–Crippen LogP) is 2.58. The highest BCUT2D eigenvalue weighted by molar-refractivity contribution is 6.31. The molecule has 1 aromatic carbocycles. The number of rotatable bonds is 1. The van der Waals surface area contributed by atoms with Crippen molar-refractivity contribution in [3.8, 4) is 11.5 Å². The van der Waals surface area contributed by atoms with Gasteiger partial charge in [-0.2, -0.15) is 0 Å². The molecule has 0 amide bonds. The zero-order valence-corrected chi connectivity index (χ0v) is 10.4. The Morgan fingerprint density at radius 2 is 1.94 bits per heavy atom. The van der Waals surface area contributed by atoms with Gasteiger partial charge in [0.15, 0.2) is 11.5 Å². The number of hydrogen-bond acceptors (Lipinski definition) is 3. The summed E-state index contributed by atoms with van der Waals surface area (Å²) in [6.45, 7) is 3.49. The maximum Gasteiger partial charge on any atom is 0.162 e. The molecule has 92 valence electrons. The number of nitrogens with one attached hydrogen (secondary N) is 1. The van der Waals surface area contributed by atoms with Crippen molar-refractivity contribution in [1.82, 2.24) is 5.32 Å². The zero-order chi connectivity index (χ0) is 11.7. The molecule has 4 heteroatoms. The molecule has 1 N–H and O–H groups in total. The van der Waals surface area contributed by atoms with Gasteiger partial charge in [-0.1, -0.05) is 11.6 Å². The van der Waals surface area contributed by atoms with E-state index in [-0.39, 0.29) is 0 Å². The minimum Gasteiger partial charge on any atom is -0.490 e. The van der Waals surface area contributed by atoms with Crippen molar-refractivity contribution in [3.05, 3.63) is 22.7 Å². The van der Waals surface area contributed by atoms with Gasteiger partial charge in [0.25, 0.3) is 0 Å². The van der Waals surface area contributed by atoms with E-state index in [0.29, 0.717) is 12.5 Å². The van der Waals surface area contributed by atoms with Crippen molar-refractivity contribution in [1.29, 1.82) is 0 Å². The van der Waals surface area contributed by atoms with Crippen LogP contribution in [0.1, 0.15) is 24.3 Å². The van der Waals surface area contributed by atoms with Crippen LogP contribution in [0.15, 0.2) is 12.1 Å². The fourth-order valence-electron chi connectivity index (χ4n) is 2.43. The standard InChI is InChI=1S/C13H16ClNO2/c14-11-7-13-12(16-4-1-5-17-13)6-10(11)9-2-3-15-8-9/h6-7,9,15H,1-5,8H2. The van der Waals surface area contributed by atoms with Crippen molar-refractivity contribution in [3.63, 3.8) is 0 Å². The molecule has 2 aliphatic heterocycles. The molecule has 1 saturated heterocycles. The smallest absolute Gasteiger partial charge is 0.162 e. The van der Waals surface area contributed by atoms with Gasteiger partial charge in [0.05, 0.1) is 13.2 Å². The molecule has 1 fully saturated rings. The molecule has 0 spiro atoms. The number of ether oxygens (including phenoxy) is 2. The van der Waals surface area contributed by atoms with Gasteiger partial charge in [0.2, 0.25) is 0 Å². The normalized spacial score (nSPS) is 23.5. The second kappa shape index (κ2) is 4.75. The minimum absolute atomic E-state index is 0.500. The van der Waals surface area contributed by atoms with Crippen LogP contribution in [-0.2, 0) is 0 Å². The van der Waals surface area contributed by atoms with Crippen LogP contribution >= 0.6 is 11.6 Å². The molecule has 1 aromatic rings. The van der Waals surface area contributed by atoms with Crippen LogP contribution in [-0.4, -0.2) is 26.3 Å². The third kappa shape index (κ3) is 2.22. The summed E-state index contributed by atoms with van der Waals surface area (Å²) in [5, 5.41) is 4.15. The maximum atomic E-state index is 6.33. The topological polar surface area (TPSA) is 30.5 Å². The summed E-state index contributed by atoms with van der Waals surface area (Å²) in [4.78, 5) is 0. The number of halogens is 1. The maximum absolute atomic E-state index is 6.33. The average molecular weight is 254 g/mol. The van der Waals surface area contributed by atoms with Crippen LogP contribution < -0.4 is 14.8 Å². The number of benzene rings is 1. The average Bonchev–Trinajstić information content (AvgIpc) is 2.75. The van der Waals surface area contributed by atoms with E-state index in [1.165, 1.54) is 5.56 Å². The fraction of sp³-hybridized carbons (Fsp3) is 0.538. The lowest BCUT2D eigenvalue weighted by atomic mass is 9.98. The highest BCUT2D eigenvalue weighted by Gasteiger charge is 2.22. The second-order valence-corrected chi connectivity index (χ2v) is 4.97. The van der Waals surface area contributed by atoms with E-state index in [1.807, 2.05) is 6.07 Å². The minimum atomic E-state index is 0.500.